The average Bonchev–Trinajstić information content (AvgIpc) is 2.34. The van der Waals surface area contributed by atoms with Crippen LogP contribution >= 0.6 is 15.9 Å². The van der Waals surface area contributed by atoms with Crippen LogP contribution in [0.3, 0.4) is 0 Å². The molecule has 2 aliphatic heterocycles. The Hall–Kier alpha value is -0.910. The van der Waals surface area contributed by atoms with Crippen LogP contribution < -0.4 is 5.32 Å². The first-order valence-corrected chi connectivity index (χ1v) is 6.90. The van der Waals surface area contributed by atoms with Gasteiger partial charge in [0.25, 0.3) is 0 Å². The van der Waals surface area contributed by atoms with Gasteiger partial charge in [-0.3, -0.25) is 4.79 Å². The molecule has 0 bridgehead atoms. The van der Waals surface area contributed by atoms with Crippen LogP contribution in [-0.4, -0.2) is 47.7 Å². The lowest BCUT2D eigenvalue weighted by Gasteiger charge is -2.57. The molecular formula is C13H15BrN2O2. The normalized spacial score (nSPS) is 30.9. The van der Waals surface area contributed by atoms with Crippen LogP contribution in [0, 0.1) is 0 Å². The molecule has 0 aliphatic carbocycles. The third-order valence-corrected chi connectivity index (χ3v) is 4.43. The second-order valence-corrected chi connectivity index (χ2v) is 5.74. The molecule has 18 heavy (non-hydrogen) atoms. The largest absolute Gasteiger partial charge is 0.394 e. The Labute approximate surface area is 114 Å². The third kappa shape index (κ3) is 1.77. The van der Waals surface area contributed by atoms with Gasteiger partial charge in [0.2, 0.25) is 5.91 Å². The molecule has 2 aliphatic rings. The SMILES string of the molecule is O=C1CNC[C@H]2[C@@H](c3ccc(Br)cc3)[C@@H](CO)N12. The summed E-state index contributed by atoms with van der Waals surface area (Å²) in [5.41, 5.74) is 1.19. The van der Waals surface area contributed by atoms with Crippen molar-refractivity contribution in [2.24, 2.45) is 0 Å². The number of hydrogen-bond donors (Lipinski definition) is 2. The van der Waals surface area contributed by atoms with Crippen molar-refractivity contribution >= 4 is 21.8 Å². The van der Waals surface area contributed by atoms with E-state index < -0.39 is 0 Å². The Balaban J connectivity index is 1.88. The number of hydrogen-bond acceptors (Lipinski definition) is 3. The Morgan fingerprint density at radius 3 is 2.78 bits per heavy atom. The maximum absolute atomic E-state index is 11.8. The first-order valence-electron chi connectivity index (χ1n) is 6.10. The standard InChI is InChI=1S/C13H15BrN2O2/c14-9-3-1-8(2-4-9)13-10-5-15-6-12(18)16(10)11(13)7-17/h1-4,10-11,13,15,17H,5-7H2/t10-,11+,13+/m0/s1. The Bertz CT molecular complexity index is 457. The maximum atomic E-state index is 11.8. The number of benzene rings is 1. The fourth-order valence-electron chi connectivity index (χ4n) is 3.09. The molecule has 2 fully saturated rings. The molecule has 3 rings (SSSR count). The van der Waals surface area contributed by atoms with Crippen molar-refractivity contribution in [1.29, 1.82) is 0 Å². The van der Waals surface area contributed by atoms with E-state index in [1.54, 1.807) is 0 Å². The van der Waals surface area contributed by atoms with E-state index in [0.29, 0.717) is 6.54 Å². The van der Waals surface area contributed by atoms with Crippen molar-refractivity contribution in [2.45, 2.75) is 18.0 Å². The van der Waals surface area contributed by atoms with Gasteiger partial charge in [0.15, 0.2) is 0 Å². The van der Waals surface area contributed by atoms with Gasteiger partial charge in [0.1, 0.15) is 0 Å². The van der Waals surface area contributed by atoms with Crippen LogP contribution in [0.1, 0.15) is 11.5 Å². The second kappa shape index (κ2) is 4.64. The fraction of sp³-hybridized carbons (Fsp3) is 0.462. The van der Waals surface area contributed by atoms with Gasteiger partial charge < -0.3 is 15.3 Å². The number of fused-ring (bicyclic) bond motifs is 1. The fourth-order valence-corrected chi connectivity index (χ4v) is 3.36. The van der Waals surface area contributed by atoms with Crippen molar-refractivity contribution in [3.63, 3.8) is 0 Å². The quantitative estimate of drug-likeness (QED) is 0.846. The molecule has 0 saturated carbocycles. The monoisotopic (exact) mass is 310 g/mol. The van der Waals surface area contributed by atoms with E-state index in [4.69, 9.17) is 0 Å². The summed E-state index contributed by atoms with van der Waals surface area (Å²) in [6, 6.07) is 8.26. The molecule has 0 unspecified atom stereocenters. The van der Waals surface area contributed by atoms with Crippen LogP contribution in [0.4, 0.5) is 0 Å². The summed E-state index contributed by atoms with van der Waals surface area (Å²) in [6.07, 6.45) is 0. The van der Waals surface area contributed by atoms with Crippen molar-refractivity contribution in [1.82, 2.24) is 10.2 Å². The molecule has 4 nitrogen and oxygen atoms in total. The summed E-state index contributed by atoms with van der Waals surface area (Å²) in [6.45, 7) is 1.23. The molecular weight excluding hydrogens is 296 g/mol. The average molecular weight is 311 g/mol. The van der Waals surface area contributed by atoms with Crippen LogP contribution in [-0.2, 0) is 4.79 Å². The highest BCUT2D eigenvalue weighted by atomic mass is 79.9. The van der Waals surface area contributed by atoms with Crippen molar-refractivity contribution < 1.29 is 9.90 Å². The predicted octanol–water partition coefficient (Wildman–Crippen LogP) is 0.708. The smallest absolute Gasteiger partial charge is 0.237 e. The minimum atomic E-state index is -0.0641. The van der Waals surface area contributed by atoms with E-state index >= 15 is 0 Å². The van der Waals surface area contributed by atoms with Crippen molar-refractivity contribution in [2.75, 3.05) is 19.7 Å². The van der Waals surface area contributed by atoms with Gasteiger partial charge in [-0.05, 0) is 17.7 Å². The van der Waals surface area contributed by atoms with E-state index in [9.17, 15) is 9.90 Å². The van der Waals surface area contributed by atoms with Gasteiger partial charge in [-0.1, -0.05) is 28.1 Å². The molecule has 0 radical (unpaired) electrons. The van der Waals surface area contributed by atoms with E-state index in [2.05, 4.69) is 33.4 Å². The lowest BCUT2D eigenvalue weighted by Crippen LogP contribution is -2.72. The highest BCUT2D eigenvalue weighted by Crippen LogP contribution is 2.41. The van der Waals surface area contributed by atoms with Gasteiger partial charge in [0.05, 0.1) is 25.2 Å². The summed E-state index contributed by atoms with van der Waals surface area (Å²) >= 11 is 3.42. The number of halogens is 1. The van der Waals surface area contributed by atoms with Gasteiger partial charge in [-0.2, -0.15) is 0 Å². The molecule has 3 atom stereocenters. The third-order valence-electron chi connectivity index (χ3n) is 3.90. The highest BCUT2D eigenvalue weighted by molar-refractivity contribution is 9.10. The number of amides is 1. The number of rotatable bonds is 2. The van der Waals surface area contributed by atoms with Crippen LogP contribution in [0.5, 0.6) is 0 Å². The van der Waals surface area contributed by atoms with Gasteiger partial charge in [-0.15, -0.1) is 0 Å². The summed E-state index contributed by atoms with van der Waals surface area (Å²) in [5, 5.41) is 12.6. The number of aliphatic hydroxyl groups excluding tert-OH is 1. The first kappa shape index (κ1) is 12.1. The van der Waals surface area contributed by atoms with Gasteiger partial charge in [0, 0.05) is 16.9 Å². The Morgan fingerprint density at radius 2 is 2.11 bits per heavy atom. The number of nitrogens with zero attached hydrogens (tertiary/aromatic N) is 1. The highest BCUT2D eigenvalue weighted by Gasteiger charge is 2.52. The molecule has 2 saturated heterocycles. The molecule has 96 valence electrons. The minimum Gasteiger partial charge on any atom is -0.394 e. The van der Waals surface area contributed by atoms with Crippen LogP contribution in [0.2, 0.25) is 0 Å². The minimum absolute atomic E-state index is 0.0307. The number of nitrogens with one attached hydrogen (secondary N) is 1. The van der Waals surface area contributed by atoms with Gasteiger partial charge in [-0.25, -0.2) is 0 Å². The zero-order valence-corrected chi connectivity index (χ0v) is 11.4. The van der Waals surface area contributed by atoms with Crippen LogP contribution in [0.25, 0.3) is 0 Å². The number of carbonyl (C=O) groups excluding carboxylic acids is 1. The lowest BCUT2D eigenvalue weighted by molar-refractivity contribution is -0.153. The Kier molecular flexibility index (Phi) is 3.13. The zero-order valence-electron chi connectivity index (χ0n) is 9.84. The molecule has 5 heteroatoms. The molecule has 1 amide bonds. The molecule has 1 aromatic rings. The number of aliphatic hydroxyl groups is 1. The molecule has 0 aromatic heterocycles. The zero-order chi connectivity index (χ0) is 12.7. The van der Waals surface area contributed by atoms with Crippen molar-refractivity contribution in [3.05, 3.63) is 34.3 Å². The maximum Gasteiger partial charge on any atom is 0.237 e. The second-order valence-electron chi connectivity index (χ2n) is 4.83. The first-order chi connectivity index (χ1) is 8.72. The van der Waals surface area contributed by atoms with E-state index in [1.807, 2.05) is 17.0 Å². The number of carbonyl (C=O) groups is 1. The van der Waals surface area contributed by atoms with E-state index in [0.717, 1.165) is 11.0 Å². The topological polar surface area (TPSA) is 52.6 Å². The van der Waals surface area contributed by atoms with Crippen LogP contribution in [0.15, 0.2) is 28.7 Å². The summed E-state index contributed by atoms with van der Waals surface area (Å²) < 4.78 is 1.04. The van der Waals surface area contributed by atoms with Crippen molar-refractivity contribution in [3.8, 4) is 0 Å². The molecule has 2 N–H and O–H groups in total. The summed E-state index contributed by atoms with van der Waals surface area (Å²) in [4.78, 5) is 13.6. The lowest BCUT2D eigenvalue weighted by atomic mass is 9.74. The van der Waals surface area contributed by atoms with Gasteiger partial charge >= 0.3 is 0 Å². The number of piperazine rings is 1. The van der Waals surface area contributed by atoms with E-state index in [1.165, 1.54) is 5.56 Å². The summed E-state index contributed by atoms with van der Waals surface area (Å²) in [5.74, 6) is 0.332. The predicted molar refractivity (Wildman–Crippen MR) is 71.3 cm³/mol. The van der Waals surface area contributed by atoms with E-state index in [-0.39, 0.29) is 30.5 Å². The Morgan fingerprint density at radius 1 is 1.39 bits per heavy atom. The summed E-state index contributed by atoms with van der Waals surface area (Å²) in [7, 11) is 0. The molecule has 1 aromatic carbocycles. The molecule has 2 heterocycles. The molecule has 0 spiro atoms.